The highest BCUT2D eigenvalue weighted by atomic mass is 16.5. The first-order valence-corrected chi connectivity index (χ1v) is 5.30. The largest absolute Gasteiger partial charge is 0.496 e. The summed E-state index contributed by atoms with van der Waals surface area (Å²) in [6.07, 6.45) is 1.81. The van der Waals surface area contributed by atoms with Gasteiger partial charge in [-0.25, -0.2) is 0 Å². The van der Waals surface area contributed by atoms with Gasteiger partial charge in [0, 0.05) is 12.0 Å². The molecule has 15 heavy (non-hydrogen) atoms. The number of rotatable bonds is 3. The summed E-state index contributed by atoms with van der Waals surface area (Å²) in [5, 5.41) is 0. The molecule has 1 aliphatic rings. The van der Waals surface area contributed by atoms with Crippen molar-refractivity contribution in [3.63, 3.8) is 0 Å². The molecule has 2 N–H and O–H groups in total. The highest BCUT2D eigenvalue weighted by Crippen LogP contribution is 2.39. The van der Waals surface area contributed by atoms with Gasteiger partial charge in [-0.15, -0.1) is 0 Å². The van der Waals surface area contributed by atoms with Gasteiger partial charge >= 0.3 is 0 Å². The highest BCUT2D eigenvalue weighted by molar-refractivity contribution is 5.56. The van der Waals surface area contributed by atoms with E-state index in [2.05, 4.69) is 13.0 Å². The number of hydrogen-bond donors (Lipinski definition) is 1. The lowest BCUT2D eigenvalue weighted by atomic mass is 10.0. The van der Waals surface area contributed by atoms with Crippen molar-refractivity contribution in [2.45, 2.75) is 19.8 Å². The molecule has 3 heteroatoms. The smallest absolute Gasteiger partial charge is 0.129 e. The van der Waals surface area contributed by atoms with Gasteiger partial charge in [-0.05, 0) is 37.1 Å². The standard InChI is InChI=1S/C12H17NO2/c1-8-7-9(3-5-13)12-10(4-6-15-12)11(8)14-2/h7H,3-6,13H2,1-2H3. The normalized spacial score (nSPS) is 13.5. The van der Waals surface area contributed by atoms with Crippen molar-refractivity contribution in [2.24, 2.45) is 5.73 Å². The van der Waals surface area contributed by atoms with Crippen molar-refractivity contribution in [1.82, 2.24) is 0 Å². The summed E-state index contributed by atoms with van der Waals surface area (Å²) in [7, 11) is 1.71. The van der Waals surface area contributed by atoms with Crippen LogP contribution in [-0.4, -0.2) is 20.3 Å². The van der Waals surface area contributed by atoms with E-state index >= 15 is 0 Å². The highest BCUT2D eigenvalue weighted by Gasteiger charge is 2.22. The quantitative estimate of drug-likeness (QED) is 0.815. The lowest BCUT2D eigenvalue weighted by Crippen LogP contribution is -2.05. The third-order valence-corrected chi connectivity index (χ3v) is 2.80. The van der Waals surface area contributed by atoms with Gasteiger partial charge in [0.05, 0.1) is 13.7 Å². The third-order valence-electron chi connectivity index (χ3n) is 2.80. The maximum atomic E-state index is 5.64. The first-order chi connectivity index (χ1) is 7.27. The summed E-state index contributed by atoms with van der Waals surface area (Å²) in [5.41, 5.74) is 9.18. The molecule has 3 nitrogen and oxygen atoms in total. The van der Waals surface area contributed by atoms with Crippen LogP contribution in [0.4, 0.5) is 0 Å². The van der Waals surface area contributed by atoms with Crippen molar-refractivity contribution in [3.05, 3.63) is 22.8 Å². The predicted octanol–water partition coefficient (Wildman–Crippen LogP) is 1.44. The second-order valence-electron chi connectivity index (χ2n) is 3.83. The van der Waals surface area contributed by atoms with Gasteiger partial charge < -0.3 is 15.2 Å². The van der Waals surface area contributed by atoms with Crippen LogP contribution in [0.3, 0.4) is 0 Å². The van der Waals surface area contributed by atoms with Crippen molar-refractivity contribution in [2.75, 3.05) is 20.3 Å². The Labute approximate surface area is 90.2 Å². The molecule has 0 aliphatic carbocycles. The van der Waals surface area contributed by atoms with E-state index in [4.69, 9.17) is 15.2 Å². The predicted molar refractivity (Wildman–Crippen MR) is 59.7 cm³/mol. The van der Waals surface area contributed by atoms with E-state index < -0.39 is 0 Å². The average Bonchev–Trinajstić information content (AvgIpc) is 2.67. The first-order valence-electron chi connectivity index (χ1n) is 5.30. The van der Waals surface area contributed by atoms with E-state index in [9.17, 15) is 0 Å². The monoisotopic (exact) mass is 207 g/mol. The number of benzene rings is 1. The molecule has 0 saturated carbocycles. The Hall–Kier alpha value is -1.22. The lowest BCUT2D eigenvalue weighted by Gasteiger charge is -2.13. The summed E-state index contributed by atoms with van der Waals surface area (Å²) >= 11 is 0. The molecule has 0 saturated heterocycles. The molecule has 0 fully saturated rings. The van der Waals surface area contributed by atoms with Crippen molar-refractivity contribution in [3.8, 4) is 11.5 Å². The number of ether oxygens (including phenoxy) is 2. The molecule has 82 valence electrons. The minimum Gasteiger partial charge on any atom is -0.496 e. The summed E-state index contributed by atoms with van der Waals surface area (Å²) < 4.78 is 11.1. The molecule has 0 atom stereocenters. The topological polar surface area (TPSA) is 44.5 Å². The van der Waals surface area contributed by atoms with Crippen molar-refractivity contribution < 1.29 is 9.47 Å². The number of methoxy groups -OCH3 is 1. The van der Waals surface area contributed by atoms with E-state index in [1.165, 1.54) is 16.7 Å². The Morgan fingerprint density at radius 2 is 2.33 bits per heavy atom. The number of hydrogen-bond acceptors (Lipinski definition) is 3. The van der Waals surface area contributed by atoms with E-state index in [1.807, 2.05) is 0 Å². The molecule has 0 unspecified atom stereocenters. The van der Waals surface area contributed by atoms with Crippen LogP contribution in [0.5, 0.6) is 11.5 Å². The van der Waals surface area contributed by atoms with Gasteiger partial charge in [0.2, 0.25) is 0 Å². The van der Waals surface area contributed by atoms with Crippen molar-refractivity contribution in [1.29, 1.82) is 0 Å². The molecular weight excluding hydrogens is 190 g/mol. The molecule has 1 aromatic rings. The third kappa shape index (κ3) is 1.67. The molecule has 0 bridgehead atoms. The summed E-state index contributed by atoms with van der Waals surface area (Å²) in [6.45, 7) is 3.48. The fraction of sp³-hybridized carbons (Fsp3) is 0.500. The summed E-state index contributed by atoms with van der Waals surface area (Å²) in [5.74, 6) is 1.98. The number of fused-ring (bicyclic) bond motifs is 1. The first kappa shape index (κ1) is 10.3. The lowest BCUT2D eigenvalue weighted by molar-refractivity contribution is 0.353. The summed E-state index contributed by atoms with van der Waals surface area (Å²) in [6, 6.07) is 2.12. The van der Waals surface area contributed by atoms with Crippen LogP contribution in [0, 0.1) is 6.92 Å². The zero-order valence-electron chi connectivity index (χ0n) is 9.30. The van der Waals surface area contributed by atoms with E-state index in [0.717, 1.165) is 30.9 Å². The van der Waals surface area contributed by atoms with E-state index in [0.29, 0.717) is 6.54 Å². The fourth-order valence-corrected chi connectivity index (χ4v) is 2.21. The number of aryl methyl sites for hydroxylation is 1. The van der Waals surface area contributed by atoms with E-state index in [-0.39, 0.29) is 0 Å². The molecule has 1 aliphatic heterocycles. The Morgan fingerprint density at radius 3 is 3.00 bits per heavy atom. The SMILES string of the molecule is COc1c(C)cc(CCN)c2c1CCO2. The maximum Gasteiger partial charge on any atom is 0.129 e. The fourth-order valence-electron chi connectivity index (χ4n) is 2.21. The molecular formula is C12H17NO2. The Kier molecular flexibility index (Phi) is 2.82. The van der Waals surface area contributed by atoms with Gasteiger partial charge in [-0.1, -0.05) is 0 Å². The Bertz CT molecular complexity index is 374. The zero-order valence-corrected chi connectivity index (χ0v) is 9.30. The number of nitrogens with two attached hydrogens (primary N) is 1. The van der Waals surface area contributed by atoms with Gasteiger partial charge in [-0.3, -0.25) is 0 Å². The minimum absolute atomic E-state index is 0.654. The van der Waals surface area contributed by atoms with Gasteiger partial charge in [-0.2, -0.15) is 0 Å². The van der Waals surface area contributed by atoms with Crippen LogP contribution < -0.4 is 15.2 Å². The molecule has 0 spiro atoms. The van der Waals surface area contributed by atoms with Crippen LogP contribution in [0.25, 0.3) is 0 Å². The van der Waals surface area contributed by atoms with Crippen molar-refractivity contribution >= 4 is 0 Å². The molecule has 1 heterocycles. The Morgan fingerprint density at radius 1 is 1.53 bits per heavy atom. The van der Waals surface area contributed by atoms with Gasteiger partial charge in [0.15, 0.2) is 0 Å². The second-order valence-corrected chi connectivity index (χ2v) is 3.83. The van der Waals surface area contributed by atoms with Gasteiger partial charge in [0.25, 0.3) is 0 Å². The van der Waals surface area contributed by atoms with Crippen LogP contribution in [0.15, 0.2) is 6.07 Å². The maximum absolute atomic E-state index is 5.64. The molecule has 0 amide bonds. The second kappa shape index (κ2) is 4.11. The van der Waals surface area contributed by atoms with Crippen LogP contribution >= 0.6 is 0 Å². The molecule has 2 rings (SSSR count). The molecule has 1 aromatic carbocycles. The van der Waals surface area contributed by atoms with Crippen LogP contribution in [0.2, 0.25) is 0 Å². The molecule has 0 radical (unpaired) electrons. The van der Waals surface area contributed by atoms with Crippen LogP contribution in [-0.2, 0) is 12.8 Å². The van der Waals surface area contributed by atoms with Gasteiger partial charge in [0.1, 0.15) is 11.5 Å². The zero-order chi connectivity index (χ0) is 10.8. The minimum atomic E-state index is 0.654. The van der Waals surface area contributed by atoms with E-state index in [1.54, 1.807) is 7.11 Å². The Balaban J connectivity index is 2.52. The van der Waals surface area contributed by atoms with Crippen LogP contribution in [0.1, 0.15) is 16.7 Å². The molecule has 0 aromatic heterocycles. The summed E-state index contributed by atoms with van der Waals surface area (Å²) in [4.78, 5) is 0. The average molecular weight is 207 g/mol.